The summed E-state index contributed by atoms with van der Waals surface area (Å²) in [5, 5.41) is 36.2. The van der Waals surface area contributed by atoms with Crippen LogP contribution in [-0.4, -0.2) is 26.4 Å². The standard InChI is InChI=1S/C21H18O4.2C6H6O/c22-18-10-6-16(7-11-18)20(17-8-12-19(23)13-9-17)21(24)25-14-15-4-2-1-3-5-15;2*7-6-4-2-1-3-5-6/h1-13,20,22-23H,14H2;2*1-5,7H. The third kappa shape index (κ3) is 9.98. The number of rotatable bonds is 5. The van der Waals surface area contributed by atoms with Crippen LogP contribution >= 0.6 is 0 Å². The van der Waals surface area contributed by atoms with Gasteiger partial charge in [-0.15, -0.1) is 0 Å². The average molecular weight is 523 g/mol. The largest absolute Gasteiger partial charge is 0.508 e. The Kier molecular flexibility index (Phi) is 11.0. The lowest BCUT2D eigenvalue weighted by atomic mass is 9.91. The zero-order valence-electron chi connectivity index (χ0n) is 21.2. The maximum Gasteiger partial charge on any atom is 0.318 e. The summed E-state index contributed by atoms with van der Waals surface area (Å²) >= 11 is 0. The van der Waals surface area contributed by atoms with Gasteiger partial charge in [0.1, 0.15) is 35.5 Å². The second-order valence-electron chi connectivity index (χ2n) is 8.38. The third-order valence-corrected chi connectivity index (χ3v) is 5.42. The highest BCUT2D eigenvalue weighted by Gasteiger charge is 2.24. The summed E-state index contributed by atoms with van der Waals surface area (Å²) in [6, 6.07) is 39.8. The number of phenols is 4. The van der Waals surface area contributed by atoms with E-state index >= 15 is 0 Å². The lowest BCUT2D eigenvalue weighted by Gasteiger charge is -2.17. The molecule has 6 heteroatoms. The first kappa shape index (κ1) is 28.3. The predicted octanol–water partition coefficient (Wildman–Crippen LogP) is 6.76. The Hall–Kier alpha value is -5.23. The zero-order valence-corrected chi connectivity index (χ0v) is 21.2. The van der Waals surface area contributed by atoms with E-state index in [0.717, 1.165) is 5.56 Å². The number of para-hydroxylation sites is 2. The number of esters is 1. The molecule has 39 heavy (non-hydrogen) atoms. The summed E-state index contributed by atoms with van der Waals surface area (Å²) < 4.78 is 5.50. The van der Waals surface area contributed by atoms with Crippen molar-refractivity contribution in [1.82, 2.24) is 0 Å². The Morgan fingerprint density at radius 1 is 0.487 bits per heavy atom. The number of benzene rings is 5. The third-order valence-electron chi connectivity index (χ3n) is 5.42. The quantitative estimate of drug-likeness (QED) is 0.190. The Labute approximate surface area is 227 Å². The Bertz CT molecular complexity index is 1290. The topological polar surface area (TPSA) is 107 Å². The first-order chi connectivity index (χ1) is 18.9. The Morgan fingerprint density at radius 2 is 0.821 bits per heavy atom. The Balaban J connectivity index is 0.000000243. The van der Waals surface area contributed by atoms with Crippen LogP contribution in [0.1, 0.15) is 22.6 Å². The summed E-state index contributed by atoms with van der Waals surface area (Å²) in [4.78, 5) is 12.7. The van der Waals surface area contributed by atoms with E-state index in [1.54, 1.807) is 72.8 Å². The molecular weight excluding hydrogens is 492 g/mol. The van der Waals surface area contributed by atoms with Crippen LogP contribution in [0.15, 0.2) is 140 Å². The molecule has 0 heterocycles. The molecule has 6 nitrogen and oxygen atoms in total. The molecule has 0 unspecified atom stereocenters. The van der Waals surface area contributed by atoms with Crippen molar-refractivity contribution in [2.75, 3.05) is 0 Å². The van der Waals surface area contributed by atoms with Gasteiger partial charge in [-0.3, -0.25) is 4.79 Å². The van der Waals surface area contributed by atoms with Crippen molar-refractivity contribution in [3.05, 3.63) is 156 Å². The molecule has 0 aliphatic heterocycles. The fraction of sp³-hybridized carbons (Fsp3) is 0.0606. The summed E-state index contributed by atoms with van der Waals surface area (Å²) in [7, 11) is 0. The van der Waals surface area contributed by atoms with E-state index in [9.17, 15) is 15.0 Å². The summed E-state index contributed by atoms with van der Waals surface area (Å²) in [5.41, 5.74) is 2.33. The van der Waals surface area contributed by atoms with Crippen LogP contribution in [-0.2, 0) is 16.1 Å². The first-order valence-electron chi connectivity index (χ1n) is 12.2. The van der Waals surface area contributed by atoms with E-state index < -0.39 is 5.92 Å². The molecule has 0 spiro atoms. The minimum atomic E-state index is -0.634. The van der Waals surface area contributed by atoms with Gasteiger partial charge in [-0.2, -0.15) is 0 Å². The molecule has 0 atom stereocenters. The Morgan fingerprint density at radius 3 is 1.15 bits per heavy atom. The molecule has 0 saturated heterocycles. The highest BCUT2D eigenvalue weighted by molar-refractivity contribution is 5.82. The van der Waals surface area contributed by atoms with Gasteiger partial charge in [0.15, 0.2) is 0 Å². The summed E-state index contributed by atoms with van der Waals surface area (Å²) in [6.07, 6.45) is 0. The second-order valence-corrected chi connectivity index (χ2v) is 8.38. The van der Waals surface area contributed by atoms with Gasteiger partial charge in [-0.05, 0) is 65.2 Å². The van der Waals surface area contributed by atoms with Gasteiger partial charge in [0.2, 0.25) is 0 Å². The van der Waals surface area contributed by atoms with E-state index in [0.29, 0.717) is 22.6 Å². The van der Waals surface area contributed by atoms with Gasteiger partial charge >= 0.3 is 5.97 Å². The molecule has 198 valence electrons. The van der Waals surface area contributed by atoms with Crippen molar-refractivity contribution in [3.8, 4) is 23.0 Å². The van der Waals surface area contributed by atoms with Gasteiger partial charge in [0.05, 0.1) is 0 Å². The van der Waals surface area contributed by atoms with E-state index in [2.05, 4.69) is 0 Å². The average Bonchev–Trinajstić information content (AvgIpc) is 2.96. The molecule has 5 rings (SSSR count). The molecule has 5 aromatic carbocycles. The number of ether oxygens (including phenoxy) is 1. The van der Waals surface area contributed by atoms with Crippen molar-refractivity contribution < 1.29 is 30.0 Å². The van der Waals surface area contributed by atoms with E-state index in [1.165, 1.54) is 24.3 Å². The van der Waals surface area contributed by atoms with Gasteiger partial charge in [0, 0.05) is 0 Å². The molecular formula is C33H30O6. The van der Waals surface area contributed by atoms with Crippen LogP contribution in [0.2, 0.25) is 0 Å². The monoisotopic (exact) mass is 522 g/mol. The summed E-state index contributed by atoms with van der Waals surface area (Å²) in [5.74, 6) is -0.119. The van der Waals surface area contributed by atoms with E-state index in [4.69, 9.17) is 14.9 Å². The van der Waals surface area contributed by atoms with Crippen molar-refractivity contribution in [2.24, 2.45) is 0 Å². The molecule has 0 aromatic heterocycles. The first-order valence-corrected chi connectivity index (χ1v) is 12.2. The van der Waals surface area contributed by atoms with E-state index in [-0.39, 0.29) is 24.1 Å². The molecule has 0 amide bonds. The normalized spacial score (nSPS) is 9.87. The lowest BCUT2D eigenvalue weighted by molar-refractivity contribution is -0.145. The van der Waals surface area contributed by atoms with E-state index in [1.807, 2.05) is 42.5 Å². The molecule has 0 bridgehead atoms. The van der Waals surface area contributed by atoms with Crippen molar-refractivity contribution in [1.29, 1.82) is 0 Å². The van der Waals surface area contributed by atoms with Crippen LogP contribution in [0.25, 0.3) is 0 Å². The molecule has 0 saturated carbocycles. The fourth-order valence-electron chi connectivity index (χ4n) is 3.47. The van der Waals surface area contributed by atoms with Gasteiger partial charge < -0.3 is 25.2 Å². The minimum absolute atomic E-state index is 0.130. The smallest absolute Gasteiger partial charge is 0.318 e. The molecule has 5 aromatic rings. The molecule has 0 aliphatic carbocycles. The van der Waals surface area contributed by atoms with Crippen LogP contribution in [0.4, 0.5) is 0 Å². The van der Waals surface area contributed by atoms with Gasteiger partial charge in [0.25, 0.3) is 0 Å². The van der Waals surface area contributed by atoms with Crippen LogP contribution in [0.3, 0.4) is 0 Å². The molecule has 0 radical (unpaired) electrons. The van der Waals surface area contributed by atoms with Crippen LogP contribution in [0, 0.1) is 0 Å². The maximum absolute atomic E-state index is 12.7. The lowest BCUT2D eigenvalue weighted by Crippen LogP contribution is -2.17. The van der Waals surface area contributed by atoms with Gasteiger partial charge in [-0.1, -0.05) is 91.0 Å². The fourth-order valence-corrected chi connectivity index (χ4v) is 3.47. The number of carbonyl (C=O) groups excluding carboxylic acids is 1. The highest BCUT2D eigenvalue weighted by atomic mass is 16.5. The maximum atomic E-state index is 12.7. The van der Waals surface area contributed by atoms with Crippen molar-refractivity contribution in [2.45, 2.75) is 12.5 Å². The zero-order chi connectivity index (χ0) is 27.9. The SMILES string of the molecule is O=C(OCc1ccccc1)C(c1ccc(O)cc1)c1ccc(O)cc1.Oc1ccccc1.Oc1ccccc1. The number of hydrogen-bond donors (Lipinski definition) is 4. The number of phenolic OH excluding ortho intramolecular Hbond substituents is 4. The molecule has 0 aliphatic rings. The second kappa shape index (κ2) is 15.1. The van der Waals surface area contributed by atoms with Gasteiger partial charge in [-0.25, -0.2) is 0 Å². The van der Waals surface area contributed by atoms with Crippen LogP contribution < -0.4 is 0 Å². The highest BCUT2D eigenvalue weighted by Crippen LogP contribution is 2.29. The number of hydrogen-bond acceptors (Lipinski definition) is 6. The minimum Gasteiger partial charge on any atom is -0.508 e. The predicted molar refractivity (Wildman–Crippen MR) is 151 cm³/mol. The summed E-state index contributed by atoms with van der Waals surface area (Å²) in [6.45, 7) is 0.187. The number of carbonyl (C=O) groups is 1. The van der Waals surface area contributed by atoms with Crippen molar-refractivity contribution in [3.63, 3.8) is 0 Å². The van der Waals surface area contributed by atoms with Crippen LogP contribution in [0.5, 0.6) is 23.0 Å². The van der Waals surface area contributed by atoms with Crippen molar-refractivity contribution >= 4 is 5.97 Å². The molecule has 0 fully saturated rings. The number of aromatic hydroxyl groups is 4. The molecule has 4 N–H and O–H groups in total.